The van der Waals surface area contributed by atoms with Gasteiger partial charge in [0.1, 0.15) is 0 Å². The fraction of sp³-hybridized carbons (Fsp3) is 0.577. The van der Waals surface area contributed by atoms with Crippen LogP contribution in [0.2, 0.25) is 0 Å². The first-order chi connectivity index (χ1) is 16.8. The molecule has 1 amide bonds. The van der Waals surface area contributed by atoms with Gasteiger partial charge in [-0.3, -0.25) is 9.69 Å². The van der Waals surface area contributed by atoms with E-state index in [0.29, 0.717) is 31.7 Å². The molecule has 0 saturated carbocycles. The van der Waals surface area contributed by atoms with E-state index in [9.17, 15) is 14.4 Å². The normalized spacial score (nSPS) is 21.0. The number of terminal acetylenes is 1. The first-order valence-corrected chi connectivity index (χ1v) is 12.0. The molecule has 190 valence electrons. The van der Waals surface area contributed by atoms with Gasteiger partial charge < -0.3 is 23.8 Å². The summed E-state index contributed by atoms with van der Waals surface area (Å²) in [6.07, 6.45) is 5.74. The average molecular weight is 487 g/mol. The van der Waals surface area contributed by atoms with Crippen LogP contribution in [0.25, 0.3) is 0 Å². The molecule has 35 heavy (non-hydrogen) atoms. The number of rotatable bonds is 10. The zero-order valence-electron chi connectivity index (χ0n) is 20.7. The number of hydrogen-bond donors (Lipinski definition) is 0. The number of carbonyl (C=O) groups is 3. The van der Waals surface area contributed by atoms with E-state index in [2.05, 4.69) is 5.92 Å². The van der Waals surface area contributed by atoms with E-state index in [0.717, 1.165) is 12.2 Å². The number of ether oxygens (including phenoxy) is 4. The summed E-state index contributed by atoms with van der Waals surface area (Å²) in [5, 5.41) is 0. The van der Waals surface area contributed by atoms with E-state index in [4.69, 9.17) is 25.4 Å². The molecule has 0 unspecified atom stereocenters. The van der Waals surface area contributed by atoms with Gasteiger partial charge in [0.2, 0.25) is 5.91 Å². The quantitative estimate of drug-likeness (QED) is 0.279. The maximum atomic E-state index is 13.1. The second-order valence-electron chi connectivity index (χ2n) is 8.68. The summed E-state index contributed by atoms with van der Waals surface area (Å²) in [5.74, 6) is 0.873. The number of hydrogen-bond acceptors (Lipinski definition) is 8. The Morgan fingerprint density at radius 2 is 1.80 bits per heavy atom. The lowest BCUT2D eigenvalue weighted by Crippen LogP contribution is -2.54. The van der Waals surface area contributed by atoms with E-state index in [1.54, 1.807) is 43.0 Å². The van der Waals surface area contributed by atoms with Gasteiger partial charge in [-0.25, -0.2) is 9.59 Å². The molecule has 0 radical (unpaired) electrons. The van der Waals surface area contributed by atoms with Crippen molar-refractivity contribution in [2.24, 2.45) is 5.92 Å². The Balaban J connectivity index is 1.86. The third-order valence-corrected chi connectivity index (χ3v) is 6.24. The maximum Gasteiger partial charge on any atom is 0.350 e. The van der Waals surface area contributed by atoms with Crippen LogP contribution in [0.4, 0.5) is 5.69 Å². The molecule has 2 fully saturated rings. The average Bonchev–Trinajstić information content (AvgIpc) is 3.30. The van der Waals surface area contributed by atoms with Crippen molar-refractivity contribution in [3.05, 3.63) is 29.8 Å². The second kappa shape index (κ2) is 12.2. The molecule has 0 bridgehead atoms. The number of benzene rings is 1. The minimum atomic E-state index is -2.01. The summed E-state index contributed by atoms with van der Waals surface area (Å²) >= 11 is 0. The first kappa shape index (κ1) is 26.7. The molecule has 0 aliphatic carbocycles. The van der Waals surface area contributed by atoms with E-state index < -0.39 is 23.6 Å². The Morgan fingerprint density at radius 3 is 2.37 bits per heavy atom. The monoisotopic (exact) mass is 486 g/mol. The number of amides is 1. The highest BCUT2D eigenvalue weighted by molar-refractivity contribution is 6.04. The lowest BCUT2D eigenvalue weighted by Gasteiger charge is -2.32. The third kappa shape index (κ3) is 6.20. The summed E-state index contributed by atoms with van der Waals surface area (Å²) in [4.78, 5) is 42.4. The summed E-state index contributed by atoms with van der Waals surface area (Å²) in [5.41, 5.74) is -0.610. The Labute approximate surface area is 206 Å². The molecule has 9 heteroatoms. The SMILES string of the molecule is C#C[C@@H]1CCO[C@@H]1COC(Cc1ccc(N2CCN(C)CC2=O)cc1)(C(=O)OCC)C(=O)OCC. The van der Waals surface area contributed by atoms with Crippen LogP contribution in [0, 0.1) is 18.3 Å². The lowest BCUT2D eigenvalue weighted by molar-refractivity contribution is -0.194. The van der Waals surface area contributed by atoms with Crippen molar-refractivity contribution in [2.45, 2.75) is 38.4 Å². The van der Waals surface area contributed by atoms with Gasteiger partial charge in [0.15, 0.2) is 0 Å². The van der Waals surface area contributed by atoms with Crippen LogP contribution in [0.5, 0.6) is 0 Å². The summed E-state index contributed by atoms with van der Waals surface area (Å²) < 4.78 is 22.2. The molecule has 2 heterocycles. The van der Waals surface area contributed by atoms with Crippen LogP contribution < -0.4 is 4.90 Å². The Hall–Kier alpha value is -2.93. The van der Waals surface area contributed by atoms with Gasteiger partial charge in [-0.05, 0) is 45.0 Å². The topological polar surface area (TPSA) is 94.6 Å². The fourth-order valence-electron chi connectivity index (χ4n) is 4.26. The maximum absolute atomic E-state index is 13.1. The molecule has 0 aromatic heterocycles. The van der Waals surface area contributed by atoms with Crippen molar-refractivity contribution in [2.75, 3.05) is 58.0 Å². The number of carbonyl (C=O) groups excluding carboxylic acids is 3. The number of piperazine rings is 1. The van der Waals surface area contributed by atoms with Gasteiger partial charge in [0.05, 0.1) is 38.4 Å². The molecular formula is C26H34N2O7. The van der Waals surface area contributed by atoms with Crippen molar-refractivity contribution in [3.8, 4) is 12.3 Å². The van der Waals surface area contributed by atoms with Gasteiger partial charge in [0.25, 0.3) is 5.60 Å². The Morgan fingerprint density at radius 1 is 1.14 bits per heavy atom. The van der Waals surface area contributed by atoms with Crippen LogP contribution in [0.1, 0.15) is 25.8 Å². The van der Waals surface area contributed by atoms with E-state index in [-0.39, 0.29) is 38.1 Å². The van der Waals surface area contributed by atoms with Crippen molar-refractivity contribution in [3.63, 3.8) is 0 Å². The van der Waals surface area contributed by atoms with Gasteiger partial charge in [-0.1, -0.05) is 12.1 Å². The van der Waals surface area contributed by atoms with Crippen LogP contribution >= 0.6 is 0 Å². The molecule has 2 aliphatic rings. The summed E-state index contributed by atoms with van der Waals surface area (Å²) in [7, 11) is 1.91. The van der Waals surface area contributed by atoms with Gasteiger partial charge in [-0.15, -0.1) is 12.3 Å². The molecule has 0 spiro atoms. The predicted octanol–water partition coefficient (Wildman–Crippen LogP) is 1.43. The standard InChI is InChI=1S/C26H34N2O7/c1-5-20-12-15-34-22(20)18-35-26(24(30)32-6-2,25(31)33-7-3)16-19-8-10-21(11-9-19)28-14-13-27(4)17-23(28)29/h1,8-11,20,22H,6-7,12-18H2,2-4H3/t20-,22-/m1/s1. The van der Waals surface area contributed by atoms with E-state index in [1.807, 2.05) is 11.9 Å². The first-order valence-electron chi connectivity index (χ1n) is 12.0. The number of likely N-dealkylation sites (N-methyl/N-ethyl adjacent to an activating group) is 1. The number of anilines is 1. The van der Waals surface area contributed by atoms with Crippen molar-refractivity contribution >= 4 is 23.5 Å². The molecule has 1 aromatic rings. The van der Waals surface area contributed by atoms with Crippen molar-refractivity contribution < 1.29 is 33.3 Å². The lowest BCUT2D eigenvalue weighted by atomic mass is 9.93. The second-order valence-corrected chi connectivity index (χ2v) is 8.68. The Kier molecular flexibility index (Phi) is 9.26. The molecule has 1 aromatic carbocycles. The summed E-state index contributed by atoms with van der Waals surface area (Å²) in [6, 6.07) is 7.14. The Bertz CT molecular complexity index is 922. The fourth-order valence-corrected chi connectivity index (χ4v) is 4.26. The molecular weight excluding hydrogens is 452 g/mol. The van der Waals surface area contributed by atoms with Gasteiger partial charge >= 0.3 is 11.9 Å². The molecule has 9 nitrogen and oxygen atoms in total. The predicted molar refractivity (Wildman–Crippen MR) is 129 cm³/mol. The van der Waals surface area contributed by atoms with Gasteiger partial charge in [-0.2, -0.15) is 0 Å². The van der Waals surface area contributed by atoms with Gasteiger partial charge in [0, 0.05) is 31.8 Å². The zero-order valence-corrected chi connectivity index (χ0v) is 20.7. The minimum Gasteiger partial charge on any atom is -0.463 e. The molecule has 2 aliphatic heterocycles. The zero-order chi connectivity index (χ0) is 25.4. The van der Waals surface area contributed by atoms with Crippen LogP contribution in [0.3, 0.4) is 0 Å². The largest absolute Gasteiger partial charge is 0.463 e. The molecule has 3 rings (SSSR count). The van der Waals surface area contributed by atoms with Crippen LogP contribution in [0.15, 0.2) is 24.3 Å². The van der Waals surface area contributed by atoms with Crippen molar-refractivity contribution in [1.29, 1.82) is 0 Å². The minimum absolute atomic E-state index is 0.0156. The highest BCUT2D eigenvalue weighted by atomic mass is 16.6. The number of nitrogens with zero attached hydrogens (tertiary/aromatic N) is 2. The van der Waals surface area contributed by atoms with Crippen LogP contribution in [-0.2, 0) is 39.8 Å². The molecule has 0 N–H and O–H groups in total. The highest BCUT2D eigenvalue weighted by Crippen LogP contribution is 2.28. The van der Waals surface area contributed by atoms with Crippen molar-refractivity contribution in [1.82, 2.24) is 4.90 Å². The highest BCUT2D eigenvalue weighted by Gasteiger charge is 2.51. The van der Waals surface area contributed by atoms with Crippen LogP contribution in [-0.4, -0.2) is 87.6 Å². The third-order valence-electron chi connectivity index (χ3n) is 6.24. The molecule has 2 saturated heterocycles. The van der Waals surface area contributed by atoms with E-state index >= 15 is 0 Å². The van der Waals surface area contributed by atoms with E-state index in [1.165, 1.54) is 0 Å². The smallest absolute Gasteiger partial charge is 0.350 e. The summed E-state index contributed by atoms with van der Waals surface area (Å²) in [6.45, 7) is 5.60. The number of esters is 2. The molecule has 2 atom stereocenters.